The maximum Gasteiger partial charge on any atom is 0.303 e. The van der Waals surface area contributed by atoms with Gasteiger partial charge in [0.25, 0.3) is 0 Å². The first-order chi connectivity index (χ1) is 10.6. The molecule has 3 rings (SSSR count). The van der Waals surface area contributed by atoms with E-state index in [0.29, 0.717) is 5.71 Å². The number of carbonyl (C=O) groups is 1. The van der Waals surface area contributed by atoms with Gasteiger partial charge < -0.3 is 5.73 Å². The van der Waals surface area contributed by atoms with E-state index in [1.165, 1.54) is 0 Å². The molecule has 22 heavy (non-hydrogen) atoms. The van der Waals surface area contributed by atoms with Crippen molar-refractivity contribution in [2.75, 3.05) is 5.43 Å². The van der Waals surface area contributed by atoms with Crippen LogP contribution in [-0.2, 0) is 4.79 Å². The molecule has 0 saturated carbocycles. The Kier molecular flexibility index (Phi) is 3.56. The zero-order valence-electron chi connectivity index (χ0n) is 11.8. The summed E-state index contributed by atoms with van der Waals surface area (Å²) < 4.78 is 0. The summed E-state index contributed by atoms with van der Waals surface area (Å²) in [5.74, 6) is -0.433. The van der Waals surface area contributed by atoms with Crippen molar-refractivity contribution in [2.45, 2.75) is 6.92 Å². The van der Waals surface area contributed by atoms with Crippen LogP contribution >= 0.6 is 12.2 Å². The molecule has 110 valence electrons. The van der Waals surface area contributed by atoms with Gasteiger partial charge in [-0.25, -0.2) is 0 Å². The summed E-state index contributed by atoms with van der Waals surface area (Å²) in [6, 6.07) is 13.7. The number of nitrogens with two attached hydrogens (primary N) is 1. The van der Waals surface area contributed by atoms with Crippen molar-refractivity contribution in [1.29, 1.82) is 0 Å². The van der Waals surface area contributed by atoms with E-state index in [1.54, 1.807) is 6.92 Å². The van der Waals surface area contributed by atoms with E-state index in [-0.39, 0.29) is 10.8 Å². The Bertz CT molecular complexity index is 837. The van der Waals surface area contributed by atoms with Crippen LogP contribution in [0.2, 0.25) is 0 Å². The van der Waals surface area contributed by atoms with Crippen molar-refractivity contribution < 1.29 is 4.79 Å². The number of rotatable bonds is 2. The Morgan fingerprint density at radius 2 is 2.00 bits per heavy atom. The van der Waals surface area contributed by atoms with Crippen LogP contribution in [0.5, 0.6) is 0 Å². The fourth-order valence-electron chi connectivity index (χ4n) is 2.21. The van der Waals surface area contributed by atoms with E-state index in [2.05, 4.69) is 15.6 Å². The molecule has 2 aromatic carbocycles. The number of hydrogen-bond acceptors (Lipinski definition) is 5. The third-order valence-corrected chi connectivity index (χ3v) is 3.45. The lowest BCUT2D eigenvalue weighted by atomic mass is 10.1. The number of nitrogens with one attached hydrogen (secondary N) is 1. The van der Waals surface area contributed by atoms with Crippen molar-refractivity contribution >= 4 is 51.1 Å². The molecule has 0 bridgehead atoms. The third-order valence-electron chi connectivity index (χ3n) is 3.27. The van der Waals surface area contributed by atoms with Gasteiger partial charge in [-0.1, -0.05) is 36.4 Å². The molecule has 0 aliphatic carbocycles. The highest BCUT2D eigenvalue weighted by Crippen LogP contribution is 2.23. The lowest BCUT2D eigenvalue weighted by Gasteiger charge is -2.08. The number of hydrogen-bond donors (Lipinski definition) is 2. The topological polar surface area (TPSA) is 83.1 Å². The maximum atomic E-state index is 12.1. The van der Waals surface area contributed by atoms with Crippen LogP contribution in [-0.4, -0.2) is 27.5 Å². The molecular formula is C15H13N5OS. The zero-order chi connectivity index (χ0) is 15.7. The average Bonchev–Trinajstić information content (AvgIpc) is 2.80. The number of amides is 1. The number of thiocarbonyl (C=S) groups is 1. The quantitative estimate of drug-likeness (QED) is 0.657. The van der Waals surface area contributed by atoms with Crippen LogP contribution in [0.3, 0.4) is 0 Å². The van der Waals surface area contributed by atoms with Crippen LogP contribution < -0.4 is 11.2 Å². The third kappa shape index (κ3) is 2.42. The minimum atomic E-state index is -0.433. The first-order valence-electron chi connectivity index (χ1n) is 6.59. The largest absolute Gasteiger partial charge is 0.374 e. The fourth-order valence-corrected chi connectivity index (χ4v) is 2.34. The van der Waals surface area contributed by atoms with Gasteiger partial charge in [-0.2, -0.15) is 15.2 Å². The number of fused-ring (bicyclic) bond motifs is 1. The molecule has 0 radical (unpaired) electrons. The minimum Gasteiger partial charge on any atom is -0.374 e. The molecule has 1 amide bonds. The van der Waals surface area contributed by atoms with Crippen LogP contribution in [0, 0.1) is 0 Å². The minimum absolute atomic E-state index is 0.0975. The molecular weight excluding hydrogens is 298 g/mol. The first kappa shape index (κ1) is 14.2. The average molecular weight is 311 g/mol. The predicted octanol–water partition coefficient (Wildman–Crippen LogP) is 2.07. The van der Waals surface area contributed by atoms with Gasteiger partial charge in [0.1, 0.15) is 0 Å². The molecule has 0 aromatic heterocycles. The van der Waals surface area contributed by atoms with Gasteiger partial charge in [0, 0.05) is 5.39 Å². The first-order valence-corrected chi connectivity index (χ1v) is 6.99. The van der Waals surface area contributed by atoms with Crippen LogP contribution in [0.4, 0.5) is 5.69 Å². The molecule has 0 spiro atoms. The number of hydrazone groups is 2. The van der Waals surface area contributed by atoms with Gasteiger partial charge in [-0.05, 0) is 30.6 Å². The van der Waals surface area contributed by atoms with Crippen molar-refractivity contribution in [1.82, 2.24) is 5.01 Å². The second-order valence-corrected chi connectivity index (χ2v) is 5.16. The molecule has 7 heteroatoms. The number of nitrogens with zero attached hydrogens (tertiary/aromatic N) is 3. The normalized spacial score (nSPS) is 16.2. The Hall–Kier alpha value is -2.80. The van der Waals surface area contributed by atoms with Crippen molar-refractivity contribution in [3.8, 4) is 0 Å². The molecule has 1 aliphatic rings. The van der Waals surface area contributed by atoms with E-state index in [1.807, 2.05) is 42.5 Å². The lowest BCUT2D eigenvalue weighted by molar-refractivity contribution is -0.119. The van der Waals surface area contributed by atoms with Gasteiger partial charge in [0.15, 0.2) is 10.8 Å². The Balaban J connectivity index is 1.92. The van der Waals surface area contributed by atoms with Crippen LogP contribution in [0.1, 0.15) is 6.92 Å². The molecule has 0 atom stereocenters. The Morgan fingerprint density at radius 1 is 1.27 bits per heavy atom. The van der Waals surface area contributed by atoms with Gasteiger partial charge in [-0.15, -0.1) is 0 Å². The van der Waals surface area contributed by atoms with Crippen molar-refractivity contribution in [3.63, 3.8) is 0 Å². The number of benzene rings is 2. The number of carbonyl (C=O) groups excluding carboxylic acids is 1. The summed E-state index contributed by atoms with van der Waals surface area (Å²) in [5.41, 5.74) is 9.84. The molecule has 1 heterocycles. The summed E-state index contributed by atoms with van der Waals surface area (Å²) in [4.78, 5) is 12.1. The lowest BCUT2D eigenvalue weighted by Crippen LogP contribution is -2.36. The van der Waals surface area contributed by atoms with E-state index in [4.69, 9.17) is 18.0 Å². The number of anilines is 1. The highest BCUT2D eigenvalue weighted by molar-refractivity contribution is 7.80. The molecule has 6 nitrogen and oxygen atoms in total. The van der Waals surface area contributed by atoms with Gasteiger partial charge in [0.05, 0.1) is 11.4 Å². The SMILES string of the molecule is CC1=NN(C(N)=S)C(=O)/C1=N/Nc1cccc2ccccc12. The molecule has 1 aliphatic heterocycles. The predicted molar refractivity (Wildman–Crippen MR) is 91.7 cm³/mol. The smallest absolute Gasteiger partial charge is 0.303 e. The highest BCUT2D eigenvalue weighted by atomic mass is 32.1. The Labute approximate surface area is 132 Å². The zero-order valence-corrected chi connectivity index (χ0v) is 12.6. The maximum absolute atomic E-state index is 12.1. The monoisotopic (exact) mass is 311 g/mol. The van der Waals surface area contributed by atoms with E-state index in [0.717, 1.165) is 21.5 Å². The van der Waals surface area contributed by atoms with Crippen molar-refractivity contribution in [3.05, 3.63) is 42.5 Å². The second kappa shape index (κ2) is 5.53. The van der Waals surface area contributed by atoms with Crippen molar-refractivity contribution in [2.24, 2.45) is 15.9 Å². The van der Waals surface area contributed by atoms with Gasteiger partial charge in [0.2, 0.25) is 0 Å². The summed E-state index contributed by atoms with van der Waals surface area (Å²) >= 11 is 4.78. The summed E-state index contributed by atoms with van der Waals surface area (Å²) in [5, 5.41) is 11.1. The summed E-state index contributed by atoms with van der Waals surface area (Å²) in [6.45, 7) is 1.68. The van der Waals surface area contributed by atoms with Gasteiger partial charge in [-0.3, -0.25) is 10.2 Å². The summed E-state index contributed by atoms with van der Waals surface area (Å²) in [7, 11) is 0. The summed E-state index contributed by atoms with van der Waals surface area (Å²) in [6.07, 6.45) is 0. The molecule has 0 unspecified atom stereocenters. The van der Waals surface area contributed by atoms with E-state index < -0.39 is 5.91 Å². The standard InChI is InChI=1S/C15H13N5OS/c1-9-13(14(21)20(19-9)15(16)22)18-17-12-8-4-6-10-5-2-3-7-11(10)12/h2-8,17H,1H3,(H2,16,22)/b18-13+. The molecule has 3 N–H and O–H groups in total. The highest BCUT2D eigenvalue weighted by Gasteiger charge is 2.31. The molecule has 2 aromatic rings. The van der Waals surface area contributed by atoms with Crippen LogP contribution in [0.25, 0.3) is 10.8 Å². The van der Waals surface area contributed by atoms with Crippen LogP contribution in [0.15, 0.2) is 52.7 Å². The fraction of sp³-hybridized carbons (Fsp3) is 0.0667. The second-order valence-electron chi connectivity index (χ2n) is 4.74. The molecule has 0 fully saturated rings. The van der Waals surface area contributed by atoms with E-state index in [9.17, 15) is 4.79 Å². The van der Waals surface area contributed by atoms with E-state index >= 15 is 0 Å². The van der Waals surface area contributed by atoms with Gasteiger partial charge >= 0.3 is 5.91 Å². The molecule has 0 saturated heterocycles. The Morgan fingerprint density at radius 3 is 2.73 bits per heavy atom.